The summed E-state index contributed by atoms with van der Waals surface area (Å²) in [5, 5.41) is 13.7. The topological polar surface area (TPSA) is 122 Å². The third-order valence-corrected chi connectivity index (χ3v) is 2.17. The number of nitrogens with two attached hydrogens (primary N) is 1. The first kappa shape index (κ1) is 15.2. The van der Waals surface area contributed by atoms with Gasteiger partial charge < -0.3 is 21.5 Å². The molecule has 0 aliphatic rings. The number of nitrogens with one attached hydrogen (secondary N) is 2. The number of urea groups is 1. The molecule has 0 heterocycles. The Kier molecular flexibility index (Phi) is 7.49. The lowest BCUT2D eigenvalue weighted by Gasteiger charge is -2.08. The van der Waals surface area contributed by atoms with E-state index in [2.05, 4.69) is 10.6 Å². The largest absolute Gasteiger partial charge is 0.481 e. The number of hydrogen-bond acceptors (Lipinski definition) is 3. The maximum absolute atomic E-state index is 11.2. The Balaban J connectivity index is 3.47. The monoisotopic (exact) mass is 245 g/mol. The molecule has 0 fully saturated rings. The van der Waals surface area contributed by atoms with Crippen molar-refractivity contribution in [3.8, 4) is 0 Å². The van der Waals surface area contributed by atoms with Gasteiger partial charge in [-0.25, -0.2) is 4.79 Å². The van der Waals surface area contributed by atoms with Crippen LogP contribution < -0.4 is 16.4 Å². The van der Waals surface area contributed by atoms with Crippen LogP contribution in [-0.4, -0.2) is 36.1 Å². The standard InChI is InChI=1S/C10H19N3O4/c1-7(9(15)16)4-6-13-10(17)12-5-2-3-8(11)14/h7H,2-6H2,1H3,(H2,11,14)(H,15,16)(H2,12,13,17). The first-order chi connectivity index (χ1) is 7.93. The Morgan fingerprint density at radius 2 is 1.82 bits per heavy atom. The summed E-state index contributed by atoms with van der Waals surface area (Å²) in [6, 6.07) is -0.368. The smallest absolute Gasteiger partial charge is 0.314 e. The highest BCUT2D eigenvalue weighted by Crippen LogP contribution is 1.99. The summed E-state index contributed by atoms with van der Waals surface area (Å²) < 4.78 is 0. The highest BCUT2D eigenvalue weighted by Gasteiger charge is 2.10. The fraction of sp³-hybridized carbons (Fsp3) is 0.700. The molecule has 0 aromatic heterocycles. The number of carboxylic acids is 1. The third kappa shape index (κ3) is 9.16. The molecular weight excluding hydrogens is 226 g/mol. The number of carbonyl (C=O) groups excluding carboxylic acids is 2. The number of hydrogen-bond donors (Lipinski definition) is 4. The molecule has 0 aliphatic heterocycles. The van der Waals surface area contributed by atoms with Gasteiger partial charge in [0, 0.05) is 19.5 Å². The molecule has 1 atom stereocenters. The molecule has 0 saturated heterocycles. The average Bonchev–Trinajstić information content (AvgIpc) is 2.23. The van der Waals surface area contributed by atoms with Crippen LogP contribution in [-0.2, 0) is 9.59 Å². The number of aliphatic carboxylic acids is 1. The summed E-state index contributed by atoms with van der Waals surface area (Å²) in [6.07, 6.45) is 1.11. The van der Waals surface area contributed by atoms with E-state index in [1.54, 1.807) is 6.92 Å². The zero-order valence-corrected chi connectivity index (χ0v) is 9.86. The summed E-state index contributed by atoms with van der Waals surface area (Å²) >= 11 is 0. The first-order valence-electron chi connectivity index (χ1n) is 5.46. The van der Waals surface area contributed by atoms with Crippen molar-refractivity contribution in [2.75, 3.05) is 13.1 Å². The third-order valence-electron chi connectivity index (χ3n) is 2.17. The lowest BCUT2D eigenvalue weighted by Crippen LogP contribution is -2.37. The molecule has 0 rings (SSSR count). The molecule has 5 N–H and O–H groups in total. The van der Waals surface area contributed by atoms with Gasteiger partial charge in [0.05, 0.1) is 5.92 Å². The number of carboxylic acid groups (broad SMARTS) is 1. The van der Waals surface area contributed by atoms with Crippen molar-refractivity contribution in [2.24, 2.45) is 11.7 Å². The second kappa shape index (κ2) is 8.37. The second-order valence-electron chi connectivity index (χ2n) is 3.78. The van der Waals surface area contributed by atoms with Crippen LogP contribution in [0.4, 0.5) is 4.79 Å². The van der Waals surface area contributed by atoms with Crippen LogP contribution in [0.3, 0.4) is 0 Å². The minimum atomic E-state index is -0.881. The van der Waals surface area contributed by atoms with Crippen molar-refractivity contribution in [1.29, 1.82) is 0 Å². The number of amides is 3. The van der Waals surface area contributed by atoms with Crippen LogP contribution in [0.25, 0.3) is 0 Å². The normalized spacial score (nSPS) is 11.6. The highest BCUT2D eigenvalue weighted by molar-refractivity contribution is 5.75. The maximum Gasteiger partial charge on any atom is 0.314 e. The Hall–Kier alpha value is -1.79. The maximum atomic E-state index is 11.2. The zero-order chi connectivity index (χ0) is 13.3. The summed E-state index contributed by atoms with van der Waals surface area (Å²) in [6.45, 7) is 2.24. The molecular formula is C10H19N3O4. The molecule has 0 spiro atoms. The van der Waals surface area contributed by atoms with Crippen molar-refractivity contribution in [3.63, 3.8) is 0 Å². The van der Waals surface area contributed by atoms with Gasteiger partial charge in [0.2, 0.25) is 5.91 Å². The number of carbonyl (C=O) groups is 3. The van der Waals surface area contributed by atoms with Gasteiger partial charge in [-0.3, -0.25) is 9.59 Å². The van der Waals surface area contributed by atoms with Crippen LogP contribution in [0.1, 0.15) is 26.2 Å². The molecule has 0 radical (unpaired) electrons. The van der Waals surface area contributed by atoms with Gasteiger partial charge in [0.15, 0.2) is 0 Å². The lowest BCUT2D eigenvalue weighted by atomic mass is 10.1. The summed E-state index contributed by atoms with van der Waals surface area (Å²) in [4.78, 5) is 32.0. The molecule has 0 aromatic rings. The van der Waals surface area contributed by atoms with Gasteiger partial charge in [-0.1, -0.05) is 6.92 Å². The fourth-order valence-electron chi connectivity index (χ4n) is 1.05. The Morgan fingerprint density at radius 1 is 1.24 bits per heavy atom. The molecule has 0 aliphatic carbocycles. The molecule has 7 nitrogen and oxygen atoms in total. The van der Waals surface area contributed by atoms with Gasteiger partial charge in [0.1, 0.15) is 0 Å². The lowest BCUT2D eigenvalue weighted by molar-refractivity contribution is -0.141. The summed E-state index contributed by atoms with van der Waals surface area (Å²) in [5.74, 6) is -1.76. The van der Waals surface area contributed by atoms with Gasteiger partial charge in [0.25, 0.3) is 0 Å². The van der Waals surface area contributed by atoms with Crippen molar-refractivity contribution in [3.05, 3.63) is 0 Å². The zero-order valence-electron chi connectivity index (χ0n) is 9.86. The molecule has 0 bridgehead atoms. The van der Waals surface area contributed by atoms with Crippen LogP contribution in [0, 0.1) is 5.92 Å². The van der Waals surface area contributed by atoms with Crippen LogP contribution in [0.15, 0.2) is 0 Å². The number of rotatable bonds is 8. The molecule has 17 heavy (non-hydrogen) atoms. The van der Waals surface area contributed by atoms with Crippen molar-refractivity contribution >= 4 is 17.9 Å². The van der Waals surface area contributed by atoms with E-state index in [1.807, 2.05) is 0 Å². The minimum Gasteiger partial charge on any atom is -0.481 e. The van der Waals surface area contributed by atoms with E-state index in [-0.39, 0.29) is 12.5 Å². The van der Waals surface area contributed by atoms with Crippen LogP contribution in [0.2, 0.25) is 0 Å². The SMILES string of the molecule is CC(CCNC(=O)NCCCC(N)=O)C(=O)O. The van der Waals surface area contributed by atoms with Gasteiger partial charge >= 0.3 is 12.0 Å². The molecule has 1 unspecified atom stereocenters. The Morgan fingerprint density at radius 3 is 2.35 bits per heavy atom. The van der Waals surface area contributed by atoms with Gasteiger partial charge in [-0.2, -0.15) is 0 Å². The Bertz CT molecular complexity index is 281. The van der Waals surface area contributed by atoms with E-state index in [1.165, 1.54) is 0 Å². The molecule has 0 saturated carbocycles. The molecule has 3 amide bonds. The molecule has 98 valence electrons. The molecule has 7 heteroatoms. The first-order valence-corrected chi connectivity index (χ1v) is 5.46. The van der Waals surface area contributed by atoms with E-state index in [0.717, 1.165) is 0 Å². The average molecular weight is 245 g/mol. The van der Waals surface area contributed by atoms with Crippen molar-refractivity contribution in [1.82, 2.24) is 10.6 Å². The Labute approximate surface area is 99.7 Å². The predicted octanol–water partition coefficient (Wildman–Crippen LogP) is -0.338. The van der Waals surface area contributed by atoms with Crippen molar-refractivity contribution < 1.29 is 19.5 Å². The predicted molar refractivity (Wildman–Crippen MR) is 61.2 cm³/mol. The minimum absolute atomic E-state index is 0.232. The summed E-state index contributed by atoms with van der Waals surface area (Å²) in [7, 11) is 0. The van der Waals surface area contributed by atoms with Crippen LogP contribution >= 0.6 is 0 Å². The fourth-order valence-corrected chi connectivity index (χ4v) is 1.05. The van der Waals surface area contributed by atoms with E-state index < -0.39 is 17.8 Å². The van der Waals surface area contributed by atoms with E-state index in [4.69, 9.17) is 10.8 Å². The van der Waals surface area contributed by atoms with Gasteiger partial charge in [-0.15, -0.1) is 0 Å². The summed E-state index contributed by atoms with van der Waals surface area (Å²) in [5.41, 5.74) is 4.93. The molecule has 0 aromatic carbocycles. The van der Waals surface area contributed by atoms with Crippen LogP contribution in [0.5, 0.6) is 0 Å². The second-order valence-corrected chi connectivity index (χ2v) is 3.78. The van der Waals surface area contributed by atoms with Crippen molar-refractivity contribution in [2.45, 2.75) is 26.2 Å². The number of primary amides is 1. The van der Waals surface area contributed by atoms with E-state index in [0.29, 0.717) is 25.9 Å². The quantitative estimate of drug-likeness (QED) is 0.437. The van der Waals surface area contributed by atoms with E-state index >= 15 is 0 Å². The van der Waals surface area contributed by atoms with Gasteiger partial charge in [-0.05, 0) is 12.8 Å². The van der Waals surface area contributed by atoms with E-state index in [9.17, 15) is 14.4 Å². The highest BCUT2D eigenvalue weighted by atomic mass is 16.4.